The predicted molar refractivity (Wildman–Crippen MR) is 86.2 cm³/mol. The summed E-state index contributed by atoms with van der Waals surface area (Å²) in [6, 6.07) is 4.31. The van der Waals surface area contributed by atoms with Crippen LogP contribution in [-0.4, -0.2) is 24.1 Å². The van der Waals surface area contributed by atoms with E-state index in [0.29, 0.717) is 21.5 Å². The molecule has 1 amide bonds. The number of hydrogen-bond donors (Lipinski definition) is 2. The fourth-order valence-electron chi connectivity index (χ4n) is 1.97. The standard InChI is InChI=1S/C13H15BrN4O3S/c1-7-4-5-9(22(15,20)21)6-10(7)16-13(19)12-11(14)8(2)17-18(12)3/h4-6H,1-3H3,(H,16,19)(H2,15,20,21). The van der Waals surface area contributed by atoms with E-state index in [4.69, 9.17) is 5.14 Å². The third-order valence-electron chi connectivity index (χ3n) is 3.15. The van der Waals surface area contributed by atoms with Crippen LogP contribution in [0, 0.1) is 13.8 Å². The molecule has 0 saturated carbocycles. The number of nitrogens with zero attached hydrogens (tertiary/aromatic N) is 2. The van der Waals surface area contributed by atoms with Gasteiger partial charge in [0.05, 0.1) is 15.1 Å². The Hall–Kier alpha value is -1.71. The quantitative estimate of drug-likeness (QED) is 0.836. The zero-order valence-electron chi connectivity index (χ0n) is 12.2. The van der Waals surface area contributed by atoms with Gasteiger partial charge in [0, 0.05) is 12.7 Å². The number of nitrogens with one attached hydrogen (secondary N) is 1. The zero-order valence-corrected chi connectivity index (χ0v) is 14.6. The Morgan fingerprint density at radius 1 is 1.36 bits per heavy atom. The Morgan fingerprint density at radius 2 is 2.00 bits per heavy atom. The zero-order chi connectivity index (χ0) is 16.7. The first kappa shape index (κ1) is 16.7. The number of aryl methyl sites for hydroxylation is 3. The Morgan fingerprint density at radius 3 is 2.50 bits per heavy atom. The first-order valence-corrected chi connectivity index (χ1v) is 8.59. The summed E-state index contributed by atoms with van der Waals surface area (Å²) in [4.78, 5) is 12.3. The Labute approximate surface area is 136 Å². The molecular weight excluding hydrogens is 372 g/mol. The van der Waals surface area contributed by atoms with Gasteiger partial charge in [-0.25, -0.2) is 13.6 Å². The number of carbonyl (C=O) groups is 1. The molecule has 0 atom stereocenters. The van der Waals surface area contributed by atoms with Gasteiger partial charge in [0.25, 0.3) is 5.91 Å². The number of sulfonamides is 1. The number of hydrogen-bond acceptors (Lipinski definition) is 4. The van der Waals surface area contributed by atoms with Crippen LogP contribution in [0.5, 0.6) is 0 Å². The molecule has 3 N–H and O–H groups in total. The topological polar surface area (TPSA) is 107 Å². The molecule has 2 rings (SSSR count). The van der Waals surface area contributed by atoms with Gasteiger partial charge in [-0.3, -0.25) is 9.48 Å². The molecule has 0 bridgehead atoms. The van der Waals surface area contributed by atoms with Crippen molar-refractivity contribution in [3.63, 3.8) is 0 Å². The van der Waals surface area contributed by atoms with Crippen LogP contribution in [0.4, 0.5) is 5.69 Å². The van der Waals surface area contributed by atoms with E-state index < -0.39 is 15.9 Å². The van der Waals surface area contributed by atoms with E-state index >= 15 is 0 Å². The van der Waals surface area contributed by atoms with Crippen LogP contribution in [-0.2, 0) is 17.1 Å². The number of benzene rings is 1. The maximum atomic E-state index is 12.4. The molecule has 0 aliphatic carbocycles. The van der Waals surface area contributed by atoms with Crippen molar-refractivity contribution in [1.29, 1.82) is 0 Å². The highest BCUT2D eigenvalue weighted by Gasteiger charge is 2.19. The average Bonchev–Trinajstić information content (AvgIpc) is 2.64. The van der Waals surface area contributed by atoms with Gasteiger partial charge in [0.1, 0.15) is 5.69 Å². The summed E-state index contributed by atoms with van der Waals surface area (Å²) in [5.41, 5.74) is 2.12. The minimum atomic E-state index is -3.83. The Balaban J connectivity index is 2.40. The van der Waals surface area contributed by atoms with E-state index in [1.807, 2.05) is 0 Å². The molecule has 0 aliphatic rings. The van der Waals surface area contributed by atoms with Gasteiger partial charge in [-0.1, -0.05) is 6.07 Å². The molecule has 0 saturated heterocycles. The van der Waals surface area contributed by atoms with Crippen LogP contribution < -0.4 is 10.5 Å². The maximum absolute atomic E-state index is 12.4. The number of nitrogens with two attached hydrogens (primary N) is 1. The first-order valence-electron chi connectivity index (χ1n) is 6.25. The normalized spacial score (nSPS) is 11.5. The molecule has 0 radical (unpaired) electrons. The second-order valence-corrected chi connectivity index (χ2v) is 7.20. The molecule has 118 valence electrons. The summed E-state index contributed by atoms with van der Waals surface area (Å²) in [7, 11) is -2.18. The molecule has 0 unspecified atom stereocenters. The highest BCUT2D eigenvalue weighted by atomic mass is 79.9. The van der Waals surface area contributed by atoms with Crippen LogP contribution in [0.3, 0.4) is 0 Å². The molecule has 0 spiro atoms. The van der Waals surface area contributed by atoms with Gasteiger partial charge in [-0.2, -0.15) is 5.10 Å². The summed E-state index contributed by atoms with van der Waals surface area (Å²) in [6.45, 7) is 3.53. The molecule has 22 heavy (non-hydrogen) atoms. The molecule has 7 nitrogen and oxygen atoms in total. The number of primary sulfonamides is 1. The van der Waals surface area contributed by atoms with Crippen molar-refractivity contribution in [2.75, 3.05) is 5.32 Å². The molecule has 2 aromatic rings. The lowest BCUT2D eigenvalue weighted by Crippen LogP contribution is -2.18. The largest absolute Gasteiger partial charge is 0.320 e. The molecule has 1 aromatic heterocycles. The van der Waals surface area contributed by atoms with Crippen molar-refractivity contribution < 1.29 is 13.2 Å². The minimum absolute atomic E-state index is 0.0614. The van der Waals surface area contributed by atoms with E-state index in [0.717, 1.165) is 5.56 Å². The summed E-state index contributed by atoms with van der Waals surface area (Å²) in [5, 5.41) is 11.9. The fraction of sp³-hybridized carbons (Fsp3) is 0.231. The second kappa shape index (κ2) is 5.82. The van der Waals surface area contributed by atoms with Crippen molar-refractivity contribution in [1.82, 2.24) is 9.78 Å². The van der Waals surface area contributed by atoms with Gasteiger partial charge < -0.3 is 5.32 Å². The lowest BCUT2D eigenvalue weighted by atomic mass is 10.2. The van der Waals surface area contributed by atoms with E-state index in [1.54, 1.807) is 27.0 Å². The monoisotopic (exact) mass is 386 g/mol. The van der Waals surface area contributed by atoms with Gasteiger partial charge in [-0.05, 0) is 47.5 Å². The molecule has 0 fully saturated rings. The molecular formula is C13H15BrN4O3S. The summed E-state index contributed by atoms with van der Waals surface area (Å²) >= 11 is 3.32. The minimum Gasteiger partial charge on any atom is -0.320 e. The van der Waals surface area contributed by atoms with Gasteiger partial charge >= 0.3 is 0 Å². The van der Waals surface area contributed by atoms with Crippen molar-refractivity contribution in [2.24, 2.45) is 12.2 Å². The first-order chi connectivity index (χ1) is 10.1. The lowest BCUT2D eigenvalue weighted by molar-refractivity contribution is 0.101. The van der Waals surface area contributed by atoms with E-state index in [2.05, 4.69) is 26.3 Å². The van der Waals surface area contributed by atoms with Crippen LogP contribution in [0.15, 0.2) is 27.6 Å². The lowest BCUT2D eigenvalue weighted by Gasteiger charge is -2.10. The van der Waals surface area contributed by atoms with Crippen molar-refractivity contribution in [2.45, 2.75) is 18.7 Å². The van der Waals surface area contributed by atoms with E-state index in [9.17, 15) is 13.2 Å². The van der Waals surface area contributed by atoms with Crippen LogP contribution in [0.1, 0.15) is 21.7 Å². The maximum Gasteiger partial charge on any atom is 0.275 e. The summed E-state index contributed by atoms with van der Waals surface area (Å²) in [6.07, 6.45) is 0. The van der Waals surface area contributed by atoms with Crippen molar-refractivity contribution >= 4 is 37.5 Å². The van der Waals surface area contributed by atoms with Crippen LogP contribution >= 0.6 is 15.9 Å². The molecule has 0 aliphatic heterocycles. The van der Waals surface area contributed by atoms with Gasteiger partial charge in [-0.15, -0.1) is 0 Å². The number of anilines is 1. The second-order valence-electron chi connectivity index (χ2n) is 4.85. The number of rotatable bonds is 3. The number of amides is 1. The highest BCUT2D eigenvalue weighted by Crippen LogP contribution is 2.24. The molecule has 9 heteroatoms. The number of halogens is 1. The SMILES string of the molecule is Cc1ccc(S(N)(=O)=O)cc1NC(=O)c1c(Br)c(C)nn1C. The molecule has 1 heterocycles. The van der Waals surface area contributed by atoms with Crippen LogP contribution in [0.2, 0.25) is 0 Å². The predicted octanol–water partition coefficient (Wildman–Crippen LogP) is 1.70. The van der Waals surface area contributed by atoms with E-state index in [-0.39, 0.29) is 4.90 Å². The number of aromatic nitrogens is 2. The Bertz CT molecular complexity index is 858. The van der Waals surface area contributed by atoms with Crippen LogP contribution in [0.25, 0.3) is 0 Å². The average molecular weight is 387 g/mol. The fourth-order valence-corrected chi connectivity index (χ4v) is 3.03. The van der Waals surface area contributed by atoms with Gasteiger partial charge in [0.2, 0.25) is 10.0 Å². The van der Waals surface area contributed by atoms with Gasteiger partial charge in [0.15, 0.2) is 0 Å². The third-order valence-corrected chi connectivity index (χ3v) is 5.01. The summed E-state index contributed by atoms with van der Waals surface area (Å²) < 4.78 is 24.9. The molecule has 1 aromatic carbocycles. The Kier molecular flexibility index (Phi) is 4.41. The smallest absolute Gasteiger partial charge is 0.275 e. The highest BCUT2D eigenvalue weighted by molar-refractivity contribution is 9.10. The van der Waals surface area contributed by atoms with Crippen molar-refractivity contribution in [3.05, 3.63) is 39.6 Å². The number of carbonyl (C=O) groups excluding carboxylic acids is 1. The summed E-state index contributed by atoms with van der Waals surface area (Å²) in [5.74, 6) is -0.398. The third kappa shape index (κ3) is 3.21. The van der Waals surface area contributed by atoms with Crippen molar-refractivity contribution in [3.8, 4) is 0 Å². The van der Waals surface area contributed by atoms with E-state index in [1.165, 1.54) is 16.8 Å².